The van der Waals surface area contributed by atoms with E-state index in [2.05, 4.69) is 56.8 Å². The lowest BCUT2D eigenvalue weighted by Gasteiger charge is -2.36. The molecule has 1 aliphatic rings. The highest BCUT2D eigenvalue weighted by Crippen LogP contribution is 2.36. The van der Waals surface area contributed by atoms with Gasteiger partial charge in [-0.3, -0.25) is 14.5 Å². The van der Waals surface area contributed by atoms with Crippen LogP contribution in [-0.2, 0) is 29.9 Å². The van der Waals surface area contributed by atoms with E-state index in [0.29, 0.717) is 37.0 Å². The van der Waals surface area contributed by atoms with E-state index in [4.69, 9.17) is 23.2 Å². The number of likely N-dealkylation sites (N-methyl/N-ethyl adjacent to an activating group) is 1. The molecule has 0 bridgehead atoms. The van der Waals surface area contributed by atoms with Gasteiger partial charge in [0, 0.05) is 11.0 Å². The lowest BCUT2D eigenvalue weighted by atomic mass is 9.78. The molecule has 2 heterocycles. The average Bonchev–Trinajstić information content (AvgIpc) is 2.93. The fourth-order valence-electron chi connectivity index (χ4n) is 4.75. The summed E-state index contributed by atoms with van der Waals surface area (Å²) < 4.78 is 28.9. The highest BCUT2D eigenvalue weighted by atomic mass is 28.4. The van der Waals surface area contributed by atoms with Gasteiger partial charge in [0.15, 0.2) is 8.32 Å². The minimum Gasteiger partial charge on any atom is -0.494 e. The van der Waals surface area contributed by atoms with Gasteiger partial charge in [-0.15, -0.1) is 0 Å². The van der Waals surface area contributed by atoms with E-state index < -0.39 is 27.4 Å². The molecule has 0 spiro atoms. The second kappa shape index (κ2) is 14.1. The molecule has 1 saturated heterocycles. The number of carbonyl (C=O) groups is 2. The molecule has 10 nitrogen and oxygen atoms in total. The minimum absolute atomic E-state index is 0.0152. The van der Waals surface area contributed by atoms with Crippen molar-refractivity contribution in [3.05, 3.63) is 65.0 Å². The molecule has 0 amide bonds. The molecule has 0 unspecified atom stereocenters. The summed E-state index contributed by atoms with van der Waals surface area (Å²) in [5.41, 5.74) is 6.31. The lowest BCUT2D eigenvalue weighted by molar-refractivity contribution is -0.145. The van der Waals surface area contributed by atoms with Crippen LogP contribution in [0, 0.1) is 20.8 Å². The van der Waals surface area contributed by atoms with Gasteiger partial charge < -0.3 is 23.2 Å². The van der Waals surface area contributed by atoms with Gasteiger partial charge in [0.2, 0.25) is 0 Å². The standard InChI is InChI=1S/C33H44BN3O7Si/c1-22-25(21-41-27-15-13-26(14-16-27)34-43-29(38)19-37(7)20-30(39)44-34)11-10-12-28(22)31-23(2)35-32(36-24(31)3)40-17-18-42-45(8,9)33(4,5)6/h10-16H,17-21H2,1-9H3. The maximum absolute atomic E-state index is 12.1. The van der Waals surface area contributed by atoms with E-state index in [0.717, 1.165) is 33.6 Å². The molecule has 240 valence electrons. The Balaban J connectivity index is 1.40. The van der Waals surface area contributed by atoms with Crippen LogP contribution in [0.1, 0.15) is 43.3 Å². The molecule has 12 heteroatoms. The summed E-state index contributed by atoms with van der Waals surface area (Å²) in [5, 5.41) is 0.141. The van der Waals surface area contributed by atoms with Crippen molar-refractivity contribution in [1.82, 2.24) is 14.9 Å². The summed E-state index contributed by atoms with van der Waals surface area (Å²) in [6.45, 7) is 18.4. The zero-order valence-corrected chi connectivity index (χ0v) is 28.9. The van der Waals surface area contributed by atoms with E-state index in [1.807, 2.05) is 26.0 Å². The molecule has 2 aromatic carbocycles. The van der Waals surface area contributed by atoms with Crippen LogP contribution in [0.4, 0.5) is 0 Å². The molecule has 0 atom stereocenters. The minimum atomic E-state index is -1.84. The van der Waals surface area contributed by atoms with Crippen LogP contribution in [0.25, 0.3) is 11.1 Å². The van der Waals surface area contributed by atoms with Gasteiger partial charge in [-0.2, -0.15) is 9.97 Å². The largest absolute Gasteiger partial charge is 0.636 e. The molecular weight excluding hydrogens is 589 g/mol. The van der Waals surface area contributed by atoms with E-state index in [-0.39, 0.29) is 18.1 Å². The van der Waals surface area contributed by atoms with Crippen molar-refractivity contribution in [2.75, 3.05) is 33.4 Å². The number of aryl methyl sites for hydroxylation is 2. The Morgan fingerprint density at radius 2 is 1.49 bits per heavy atom. The summed E-state index contributed by atoms with van der Waals surface area (Å²) in [7, 11) is -1.28. The quantitative estimate of drug-likeness (QED) is 0.229. The fourth-order valence-corrected chi connectivity index (χ4v) is 5.78. The molecular formula is C33H44BN3O7Si. The van der Waals surface area contributed by atoms with Crippen LogP contribution >= 0.6 is 0 Å². The number of hydrogen-bond donors (Lipinski definition) is 0. The second-order valence-electron chi connectivity index (χ2n) is 12.9. The summed E-state index contributed by atoms with van der Waals surface area (Å²) in [4.78, 5) is 35.0. The van der Waals surface area contributed by atoms with Crippen LogP contribution in [0.3, 0.4) is 0 Å². The number of hydrogen-bond acceptors (Lipinski definition) is 10. The maximum atomic E-state index is 12.1. The number of nitrogens with zero attached hydrogens (tertiary/aromatic N) is 3. The molecule has 45 heavy (non-hydrogen) atoms. The first-order valence-corrected chi connectivity index (χ1v) is 18.1. The van der Waals surface area contributed by atoms with Gasteiger partial charge in [-0.25, -0.2) is 0 Å². The molecule has 1 fully saturated rings. The Bertz CT molecular complexity index is 1480. The Morgan fingerprint density at radius 1 is 0.889 bits per heavy atom. The summed E-state index contributed by atoms with van der Waals surface area (Å²) in [5.74, 6) is -0.299. The number of rotatable bonds is 10. The van der Waals surface area contributed by atoms with E-state index >= 15 is 0 Å². The third kappa shape index (κ3) is 8.71. The fraction of sp³-hybridized carbons (Fsp3) is 0.455. The van der Waals surface area contributed by atoms with Gasteiger partial charge in [-0.1, -0.05) is 51.1 Å². The van der Waals surface area contributed by atoms with Crippen molar-refractivity contribution in [2.45, 2.75) is 66.3 Å². The van der Waals surface area contributed by atoms with Gasteiger partial charge in [-0.05, 0) is 74.8 Å². The molecule has 0 N–H and O–H groups in total. The first-order valence-electron chi connectivity index (χ1n) is 15.2. The van der Waals surface area contributed by atoms with Crippen molar-refractivity contribution >= 4 is 32.8 Å². The molecule has 0 radical (unpaired) electrons. The predicted molar refractivity (Wildman–Crippen MR) is 176 cm³/mol. The summed E-state index contributed by atoms with van der Waals surface area (Å²) in [6.07, 6.45) is 0. The molecule has 1 aliphatic heterocycles. The first kappa shape index (κ1) is 34.1. The number of aromatic nitrogens is 2. The highest BCUT2D eigenvalue weighted by Gasteiger charge is 2.37. The Labute approximate surface area is 267 Å². The van der Waals surface area contributed by atoms with Crippen LogP contribution in [0.5, 0.6) is 11.8 Å². The van der Waals surface area contributed by atoms with Gasteiger partial charge >= 0.3 is 25.1 Å². The van der Waals surface area contributed by atoms with Gasteiger partial charge in [0.05, 0.1) is 31.1 Å². The zero-order chi connectivity index (χ0) is 32.9. The molecule has 0 saturated carbocycles. The highest BCUT2D eigenvalue weighted by molar-refractivity contribution is 6.74. The predicted octanol–water partition coefficient (Wildman–Crippen LogP) is 4.78. The summed E-state index contributed by atoms with van der Waals surface area (Å²) in [6, 6.07) is 13.4. The zero-order valence-electron chi connectivity index (χ0n) is 27.9. The Hall–Kier alpha value is -3.74. The van der Waals surface area contributed by atoms with Crippen LogP contribution in [0.15, 0.2) is 42.5 Å². The molecule has 1 aromatic heterocycles. The summed E-state index contributed by atoms with van der Waals surface area (Å²) >= 11 is 0. The van der Waals surface area contributed by atoms with E-state index in [9.17, 15) is 9.59 Å². The number of carbonyl (C=O) groups excluding carboxylic acids is 2. The monoisotopic (exact) mass is 633 g/mol. The van der Waals surface area contributed by atoms with Crippen molar-refractivity contribution in [2.24, 2.45) is 0 Å². The van der Waals surface area contributed by atoms with Crippen molar-refractivity contribution in [1.29, 1.82) is 0 Å². The maximum Gasteiger partial charge on any atom is 0.636 e. The Morgan fingerprint density at radius 3 is 2.07 bits per heavy atom. The van der Waals surface area contributed by atoms with Gasteiger partial charge in [0.25, 0.3) is 0 Å². The molecule has 4 rings (SSSR count). The van der Waals surface area contributed by atoms with E-state index in [1.54, 1.807) is 36.2 Å². The Kier molecular flexibility index (Phi) is 10.7. The lowest BCUT2D eigenvalue weighted by Crippen LogP contribution is -2.47. The average molecular weight is 634 g/mol. The third-order valence-electron chi connectivity index (χ3n) is 8.37. The van der Waals surface area contributed by atoms with Crippen molar-refractivity contribution in [3.8, 4) is 22.9 Å². The van der Waals surface area contributed by atoms with Gasteiger partial charge in [0.1, 0.15) is 19.0 Å². The van der Waals surface area contributed by atoms with Crippen molar-refractivity contribution in [3.63, 3.8) is 0 Å². The van der Waals surface area contributed by atoms with Crippen LogP contribution in [-0.4, -0.2) is 75.6 Å². The third-order valence-corrected chi connectivity index (χ3v) is 12.9. The number of ether oxygens (including phenoxy) is 2. The van der Waals surface area contributed by atoms with E-state index in [1.165, 1.54) is 0 Å². The first-order chi connectivity index (χ1) is 21.1. The number of benzene rings is 2. The smallest absolute Gasteiger partial charge is 0.494 e. The van der Waals surface area contributed by atoms with Crippen molar-refractivity contribution < 1.29 is 32.8 Å². The normalized spacial score (nSPS) is 14.8. The second-order valence-corrected chi connectivity index (χ2v) is 17.7. The SMILES string of the molecule is Cc1nc(OCCO[Si](C)(C)C(C)(C)C)nc(C)c1-c1cccc(COc2ccc(B3OC(=O)CN(C)CC(=O)O3)cc2)c1C. The molecule has 3 aromatic rings. The van der Waals surface area contributed by atoms with Crippen LogP contribution < -0.4 is 14.9 Å². The topological polar surface area (TPSA) is 109 Å². The van der Waals surface area contributed by atoms with Crippen LogP contribution in [0.2, 0.25) is 18.1 Å². The molecule has 0 aliphatic carbocycles.